The van der Waals surface area contributed by atoms with Crippen molar-refractivity contribution >= 4 is 23.5 Å². The van der Waals surface area contributed by atoms with E-state index in [-0.39, 0.29) is 0 Å². The van der Waals surface area contributed by atoms with Gasteiger partial charge in [-0.3, -0.25) is 0 Å². The van der Waals surface area contributed by atoms with Gasteiger partial charge in [0.1, 0.15) is 23.1 Å². The maximum Gasteiger partial charge on any atom is 0.322 e. The molecule has 154 valence electrons. The highest BCUT2D eigenvalue weighted by molar-refractivity contribution is 5.89. The Morgan fingerprint density at radius 2 is 1.59 bits per heavy atom. The van der Waals surface area contributed by atoms with Crippen LogP contribution in [0.5, 0.6) is 0 Å². The van der Waals surface area contributed by atoms with Crippen LogP contribution in [0.4, 0.5) is 31.0 Å². The molecule has 1 aromatic carbocycles. The van der Waals surface area contributed by atoms with Crippen molar-refractivity contribution in [1.29, 1.82) is 0 Å². The summed E-state index contributed by atoms with van der Waals surface area (Å²) in [5.41, 5.74) is -0.415. The molecular weight excluding hydrogens is 378 g/mol. The lowest BCUT2D eigenvalue weighted by Crippen LogP contribution is -2.50. The molecule has 0 spiro atoms. The van der Waals surface area contributed by atoms with Gasteiger partial charge in [-0.25, -0.2) is 18.6 Å². The van der Waals surface area contributed by atoms with E-state index in [1.54, 1.807) is 11.1 Å². The molecule has 0 bridgehead atoms. The van der Waals surface area contributed by atoms with Crippen LogP contribution in [0, 0.1) is 11.6 Å². The molecule has 0 unspecified atom stereocenters. The van der Waals surface area contributed by atoms with Crippen LogP contribution < -0.4 is 15.1 Å². The highest BCUT2D eigenvalue weighted by Gasteiger charge is 2.24. The number of piperidine rings is 1. The van der Waals surface area contributed by atoms with Crippen LogP contribution >= 0.6 is 0 Å². The van der Waals surface area contributed by atoms with Gasteiger partial charge in [-0.1, -0.05) is 6.07 Å². The predicted octanol–water partition coefficient (Wildman–Crippen LogP) is 3.10. The molecule has 0 atom stereocenters. The van der Waals surface area contributed by atoms with Gasteiger partial charge in [0.15, 0.2) is 0 Å². The van der Waals surface area contributed by atoms with E-state index in [4.69, 9.17) is 4.98 Å². The van der Waals surface area contributed by atoms with E-state index in [1.165, 1.54) is 12.5 Å². The molecule has 2 fully saturated rings. The van der Waals surface area contributed by atoms with Gasteiger partial charge in [0.2, 0.25) is 5.95 Å². The average Bonchev–Trinajstić information content (AvgIpc) is 2.77. The molecule has 0 aliphatic carbocycles. The molecule has 29 heavy (non-hydrogen) atoms. The minimum atomic E-state index is -0.789. The number of anilines is 3. The van der Waals surface area contributed by atoms with Crippen LogP contribution in [0.3, 0.4) is 0 Å². The van der Waals surface area contributed by atoms with Gasteiger partial charge in [0, 0.05) is 45.5 Å². The van der Waals surface area contributed by atoms with Crippen molar-refractivity contribution in [3.63, 3.8) is 0 Å². The predicted molar refractivity (Wildman–Crippen MR) is 107 cm³/mol. The summed E-state index contributed by atoms with van der Waals surface area (Å²) >= 11 is 0. The summed E-state index contributed by atoms with van der Waals surface area (Å²) in [5.74, 6) is 0.00427. The van der Waals surface area contributed by atoms with Crippen LogP contribution in [0.2, 0.25) is 0 Å². The zero-order chi connectivity index (χ0) is 20.2. The first-order valence-corrected chi connectivity index (χ1v) is 9.95. The van der Waals surface area contributed by atoms with Gasteiger partial charge in [-0.15, -0.1) is 0 Å². The molecule has 2 aliphatic heterocycles. The number of para-hydroxylation sites is 1. The summed E-state index contributed by atoms with van der Waals surface area (Å²) in [6, 6.07) is 4.86. The molecule has 2 amide bonds. The molecule has 0 saturated carbocycles. The van der Waals surface area contributed by atoms with Crippen LogP contribution in [0.1, 0.15) is 19.3 Å². The Morgan fingerprint density at radius 3 is 2.28 bits per heavy atom. The van der Waals surface area contributed by atoms with E-state index in [2.05, 4.69) is 20.1 Å². The summed E-state index contributed by atoms with van der Waals surface area (Å²) in [4.78, 5) is 27.4. The zero-order valence-electron chi connectivity index (χ0n) is 16.2. The SMILES string of the molecule is O=C(Nc1c(F)cccc1F)N1CCN(c2ccnc(N3CCCCC3)n2)CC1. The second-order valence-corrected chi connectivity index (χ2v) is 7.26. The average molecular weight is 402 g/mol. The fraction of sp³-hybridized carbons (Fsp3) is 0.450. The molecule has 1 aromatic heterocycles. The summed E-state index contributed by atoms with van der Waals surface area (Å²) in [5, 5.41) is 2.34. The summed E-state index contributed by atoms with van der Waals surface area (Å²) < 4.78 is 27.5. The lowest BCUT2D eigenvalue weighted by Gasteiger charge is -2.35. The quantitative estimate of drug-likeness (QED) is 0.855. The lowest BCUT2D eigenvalue weighted by atomic mass is 10.1. The Hall–Kier alpha value is -2.97. The third-order valence-electron chi connectivity index (χ3n) is 5.35. The molecule has 4 rings (SSSR count). The Morgan fingerprint density at radius 1 is 0.897 bits per heavy atom. The Labute approximate surface area is 168 Å². The standard InChI is InChI=1S/C20H24F2N6O/c21-15-5-4-6-16(22)18(15)25-20(29)28-13-11-26(12-14-28)17-7-8-23-19(24-17)27-9-2-1-3-10-27/h4-8H,1-3,9-14H2,(H,25,29). The molecule has 2 aliphatic rings. The van der Waals surface area contributed by atoms with Crippen molar-refractivity contribution in [1.82, 2.24) is 14.9 Å². The Kier molecular flexibility index (Phi) is 5.73. The first-order chi connectivity index (χ1) is 14.1. The first kappa shape index (κ1) is 19.4. The van der Waals surface area contributed by atoms with Gasteiger partial charge in [0.25, 0.3) is 0 Å². The van der Waals surface area contributed by atoms with Crippen molar-refractivity contribution in [2.24, 2.45) is 0 Å². The number of amides is 2. The molecule has 2 aromatic rings. The van der Waals surface area contributed by atoms with Crippen LogP contribution in [-0.2, 0) is 0 Å². The first-order valence-electron chi connectivity index (χ1n) is 9.95. The summed E-state index contributed by atoms with van der Waals surface area (Å²) in [6.45, 7) is 4.00. The molecule has 0 radical (unpaired) electrons. The fourth-order valence-electron chi connectivity index (χ4n) is 3.70. The summed E-state index contributed by atoms with van der Waals surface area (Å²) in [6.07, 6.45) is 5.33. The lowest BCUT2D eigenvalue weighted by molar-refractivity contribution is 0.208. The van der Waals surface area contributed by atoms with E-state index >= 15 is 0 Å². The normalized spacial score (nSPS) is 17.4. The largest absolute Gasteiger partial charge is 0.353 e. The zero-order valence-corrected chi connectivity index (χ0v) is 16.2. The van der Waals surface area contributed by atoms with Crippen LogP contribution in [0.15, 0.2) is 30.5 Å². The highest BCUT2D eigenvalue weighted by Crippen LogP contribution is 2.21. The van der Waals surface area contributed by atoms with E-state index in [0.717, 1.165) is 49.8 Å². The number of aromatic nitrogens is 2. The number of nitrogens with zero attached hydrogens (tertiary/aromatic N) is 5. The van der Waals surface area contributed by atoms with E-state index in [9.17, 15) is 13.6 Å². The number of nitrogens with one attached hydrogen (secondary N) is 1. The fourth-order valence-corrected chi connectivity index (χ4v) is 3.70. The monoisotopic (exact) mass is 402 g/mol. The van der Waals surface area contributed by atoms with Crippen molar-refractivity contribution in [3.8, 4) is 0 Å². The smallest absolute Gasteiger partial charge is 0.322 e. The molecule has 2 saturated heterocycles. The van der Waals surface area contributed by atoms with Gasteiger partial charge in [-0.2, -0.15) is 4.98 Å². The number of carbonyl (C=O) groups is 1. The van der Waals surface area contributed by atoms with E-state index in [0.29, 0.717) is 26.2 Å². The highest BCUT2D eigenvalue weighted by atomic mass is 19.1. The van der Waals surface area contributed by atoms with Gasteiger partial charge < -0.3 is 20.0 Å². The van der Waals surface area contributed by atoms with Crippen LogP contribution in [0.25, 0.3) is 0 Å². The van der Waals surface area contributed by atoms with Gasteiger partial charge in [-0.05, 0) is 37.5 Å². The number of piperazine rings is 1. The maximum atomic E-state index is 13.8. The second-order valence-electron chi connectivity index (χ2n) is 7.26. The Balaban J connectivity index is 1.36. The van der Waals surface area contributed by atoms with Gasteiger partial charge in [0.05, 0.1) is 0 Å². The van der Waals surface area contributed by atoms with Crippen molar-refractivity contribution < 1.29 is 13.6 Å². The minimum absolute atomic E-state index is 0.415. The third-order valence-corrected chi connectivity index (χ3v) is 5.35. The van der Waals surface area contributed by atoms with E-state index < -0.39 is 23.4 Å². The molecular formula is C20H24F2N6O. The van der Waals surface area contributed by atoms with Gasteiger partial charge >= 0.3 is 6.03 Å². The van der Waals surface area contributed by atoms with E-state index in [1.807, 2.05) is 6.07 Å². The number of hydrogen-bond acceptors (Lipinski definition) is 5. The molecule has 1 N–H and O–H groups in total. The number of carbonyl (C=O) groups excluding carboxylic acids is 1. The van der Waals surface area contributed by atoms with Crippen molar-refractivity contribution in [3.05, 3.63) is 42.1 Å². The number of halogens is 2. The van der Waals surface area contributed by atoms with Crippen molar-refractivity contribution in [2.45, 2.75) is 19.3 Å². The molecule has 7 nitrogen and oxygen atoms in total. The number of benzene rings is 1. The number of hydrogen-bond donors (Lipinski definition) is 1. The molecule has 3 heterocycles. The Bertz CT molecular complexity index is 846. The topological polar surface area (TPSA) is 64.6 Å². The number of urea groups is 1. The summed E-state index contributed by atoms with van der Waals surface area (Å²) in [7, 11) is 0. The minimum Gasteiger partial charge on any atom is -0.353 e. The number of rotatable bonds is 3. The van der Waals surface area contributed by atoms with Crippen molar-refractivity contribution in [2.75, 3.05) is 54.4 Å². The molecule has 9 heteroatoms. The van der Waals surface area contributed by atoms with Crippen LogP contribution in [-0.4, -0.2) is 60.2 Å². The third kappa shape index (κ3) is 4.38. The second kappa shape index (κ2) is 8.59. The maximum absolute atomic E-state index is 13.8.